The Balaban J connectivity index is 0.000000980. The molecule has 1 aliphatic rings. The lowest BCUT2D eigenvalue weighted by atomic mass is 9.88. The van der Waals surface area contributed by atoms with E-state index in [1.165, 1.54) is 6.07 Å². The Hall–Kier alpha value is -0.710. The first-order chi connectivity index (χ1) is 6.12. The van der Waals surface area contributed by atoms with Crippen LogP contribution in [0.25, 0.3) is 0 Å². The minimum absolute atomic E-state index is 0. The fourth-order valence-corrected chi connectivity index (χ4v) is 1.35. The standard InChI is InChI=1S/C9H9F2NO.ClH/c10-7-2-1-6(3-8(7)11)9(13)4-12-5-9;/h1-3,12-13H,4-5H2;1H. The highest BCUT2D eigenvalue weighted by Crippen LogP contribution is 2.26. The van der Waals surface area contributed by atoms with Crippen molar-refractivity contribution in [3.05, 3.63) is 35.4 Å². The number of β-amino-alcohol motifs (C(OH)–C–C–N with tert-alkyl or cyclic N) is 1. The van der Waals surface area contributed by atoms with Crippen molar-refractivity contribution in [2.75, 3.05) is 13.1 Å². The van der Waals surface area contributed by atoms with Crippen molar-refractivity contribution >= 4 is 12.4 Å². The van der Waals surface area contributed by atoms with Gasteiger partial charge in [0.15, 0.2) is 11.6 Å². The zero-order valence-corrected chi connectivity index (χ0v) is 8.07. The molecule has 1 heterocycles. The average molecular weight is 222 g/mol. The Morgan fingerprint density at radius 3 is 2.29 bits per heavy atom. The van der Waals surface area contributed by atoms with Gasteiger partial charge in [0.05, 0.1) is 0 Å². The van der Waals surface area contributed by atoms with Gasteiger partial charge < -0.3 is 10.4 Å². The summed E-state index contributed by atoms with van der Waals surface area (Å²) in [4.78, 5) is 0. The van der Waals surface area contributed by atoms with Crippen LogP contribution in [-0.2, 0) is 5.60 Å². The molecule has 0 spiro atoms. The first-order valence-electron chi connectivity index (χ1n) is 4.00. The molecule has 1 saturated heterocycles. The zero-order valence-electron chi connectivity index (χ0n) is 7.26. The molecule has 0 amide bonds. The van der Waals surface area contributed by atoms with E-state index in [2.05, 4.69) is 5.32 Å². The van der Waals surface area contributed by atoms with Gasteiger partial charge in [-0.15, -0.1) is 12.4 Å². The fraction of sp³-hybridized carbons (Fsp3) is 0.333. The maximum atomic E-state index is 12.8. The number of rotatable bonds is 1. The average Bonchev–Trinajstić information content (AvgIpc) is 2.06. The van der Waals surface area contributed by atoms with Gasteiger partial charge in [-0.05, 0) is 17.7 Å². The van der Waals surface area contributed by atoms with Crippen LogP contribution < -0.4 is 5.32 Å². The first-order valence-corrected chi connectivity index (χ1v) is 4.00. The maximum absolute atomic E-state index is 12.8. The van der Waals surface area contributed by atoms with Crippen molar-refractivity contribution in [1.82, 2.24) is 5.32 Å². The summed E-state index contributed by atoms with van der Waals surface area (Å²) in [7, 11) is 0. The van der Waals surface area contributed by atoms with E-state index in [4.69, 9.17) is 0 Å². The third-order valence-electron chi connectivity index (χ3n) is 2.29. The summed E-state index contributed by atoms with van der Waals surface area (Å²) in [6.07, 6.45) is 0. The molecule has 0 saturated carbocycles. The second-order valence-electron chi connectivity index (χ2n) is 3.26. The van der Waals surface area contributed by atoms with E-state index in [1.807, 2.05) is 0 Å². The van der Waals surface area contributed by atoms with Crippen molar-refractivity contribution < 1.29 is 13.9 Å². The van der Waals surface area contributed by atoms with Gasteiger partial charge in [-0.3, -0.25) is 0 Å². The molecule has 0 radical (unpaired) electrons. The number of nitrogens with one attached hydrogen (secondary N) is 1. The Bertz CT molecular complexity index is 342. The van der Waals surface area contributed by atoms with Crippen LogP contribution in [0.4, 0.5) is 8.78 Å². The molecule has 1 fully saturated rings. The lowest BCUT2D eigenvalue weighted by molar-refractivity contribution is -0.0149. The molecule has 2 nitrogen and oxygen atoms in total. The first kappa shape index (κ1) is 11.4. The largest absolute Gasteiger partial charge is 0.382 e. The van der Waals surface area contributed by atoms with Gasteiger partial charge in [0.1, 0.15) is 5.60 Å². The molecule has 2 rings (SSSR count). The topological polar surface area (TPSA) is 32.3 Å². The summed E-state index contributed by atoms with van der Waals surface area (Å²) in [5, 5.41) is 12.6. The Kier molecular flexibility index (Phi) is 3.09. The number of halogens is 3. The van der Waals surface area contributed by atoms with Gasteiger partial charge >= 0.3 is 0 Å². The normalized spacial score (nSPS) is 18.2. The number of benzene rings is 1. The quantitative estimate of drug-likeness (QED) is 0.747. The second kappa shape index (κ2) is 3.81. The highest BCUT2D eigenvalue weighted by Gasteiger charge is 2.36. The van der Waals surface area contributed by atoms with Crippen LogP contribution >= 0.6 is 12.4 Å². The summed E-state index contributed by atoms with van der Waals surface area (Å²) in [6, 6.07) is 3.47. The van der Waals surface area contributed by atoms with Gasteiger partial charge in [0, 0.05) is 13.1 Å². The van der Waals surface area contributed by atoms with E-state index in [0.717, 1.165) is 12.1 Å². The molecule has 0 atom stereocenters. The lowest BCUT2D eigenvalue weighted by Crippen LogP contribution is -2.56. The molecular weight excluding hydrogens is 212 g/mol. The molecule has 78 valence electrons. The Morgan fingerprint density at radius 2 is 1.86 bits per heavy atom. The molecule has 1 aliphatic heterocycles. The van der Waals surface area contributed by atoms with Gasteiger partial charge in [0.2, 0.25) is 0 Å². The predicted octanol–water partition coefficient (Wildman–Crippen LogP) is 1.18. The number of hydrogen-bond donors (Lipinski definition) is 2. The fourth-order valence-electron chi connectivity index (χ4n) is 1.35. The third kappa shape index (κ3) is 1.73. The molecule has 2 N–H and O–H groups in total. The molecule has 5 heteroatoms. The summed E-state index contributed by atoms with van der Waals surface area (Å²) in [5.74, 6) is -1.81. The van der Waals surface area contributed by atoms with Crippen molar-refractivity contribution in [3.8, 4) is 0 Å². The smallest absolute Gasteiger partial charge is 0.159 e. The highest BCUT2D eigenvalue weighted by molar-refractivity contribution is 5.85. The van der Waals surface area contributed by atoms with E-state index in [1.54, 1.807) is 0 Å². The molecule has 0 aliphatic carbocycles. The lowest BCUT2D eigenvalue weighted by Gasteiger charge is -2.38. The minimum atomic E-state index is -1.02. The predicted molar refractivity (Wildman–Crippen MR) is 50.4 cm³/mol. The monoisotopic (exact) mass is 221 g/mol. The van der Waals surface area contributed by atoms with E-state index in [-0.39, 0.29) is 12.4 Å². The summed E-state index contributed by atoms with van der Waals surface area (Å²) >= 11 is 0. The minimum Gasteiger partial charge on any atom is -0.382 e. The van der Waals surface area contributed by atoms with Gasteiger partial charge in [0.25, 0.3) is 0 Å². The van der Waals surface area contributed by atoms with Crippen molar-refractivity contribution in [1.29, 1.82) is 0 Å². The molecule has 1 aromatic rings. The molecule has 14 heavy (non-hydrogen) atoms. The van der Waals surface area contributed by atoms with E-state index >= 15 is 0 Å². The molecule has 0 unspecified atom stereocenters. The maximum Gasteiger partial charge on any atom is 0.159 e. The van der Waals surface area contributed by atoms with E-state index in [0.29, 0.717) is 18.7 Å². The molecule has 0 aromatic heterocycles. The third-order valence-corrected chi connectivity index (χ3v) is 2.29. The van der Waals surface area contributed by atoms with Crippen LogP contribution in [0.1, 0.15) is 5.56 Å². The van der Waals surface area contributed by atoms with Crippen LogP contribution in [-0.4, -0.2) is 18.2 Å². The van der Waals surface area contributed by atoms with E-state index in [9.17, 15) is 13.9 Å². The Labute approximate surface area is 86.3 Å². The van der Waals surface area contributed by atoms with Crippen molar-refractivity contribution in [2.24, 2.45) is 0 Å². The number of hydrogen-bond acceptors (Lipinski definition) is 2. The van der Waals surface area contributed by atoms with Crippen LogP contribution in [0, 0.1) is 11.6 Å². The van der Waals surface area contributed by atoms with Crippen molar-refractivity contribution in [2.45, 2.75) is 5.60 Å². The van der Waals surface area contributed by atoms with Gasteiger partial charge in [-0.25, -0.2) is 8.78 Å². The summed E-state index contributed by atoms with van der Waals surface area (Å²) < 4.78 is 25.3. The summed E-state index contributed by atoms with van der Waals surface area (Å²) in [5.41, 5.74) is -0.598. The number of aliphatic hydroxyl groups is 1. The van der Waals surface area contributed by atoms with Gasteiger partial charge in [-0.1, -0.05) is 6.07 Å². The van der Waals surface area contributed by atoms with Crippen LogP contribution in [0.15, 0.2) is 18.2 Å². The molecule has 1 aromatic carbocycles. The summed E-state index contributed by atoms with van der Waals surface area (Å²) in [6.45, 7) is 0.774. The second-order valence-corrected chi connectivity index (χ2v) is 3.26. The van der Waals surface area contributed by atoms with Crippen LogP contribution in [0.5, 0.6) is 0 Å². The van der Waals surface area contributed by atoms with Crippen molar-refractivity contribution in [3.63, 3.8) is 0 Å². The molecule has 0 bridgehead atoms. The zero-order chi connectivity index (χ0) is 9.47. The SMILES string of the molecule is Cl.OC1(c2ccc(F)c(F)c2)CNC1. The van der Waals surface area contributed by atoms with E-state index < -0.39 is 17.2 Å². The Morgan fingerprint density at radius 1 is 1.21 bits per heavy atom. The van der Waals surface area contributed by atoms with Crippen LogP contribution in [0.3, 0.4) is 0 Å². The molecular formula is C9H10ClF2NO. The van der Waals surface area contributed by atoms with Crippen LogP contribution in [0.2, 0.25) is 0 Å². The van der Waals surface area contributed by atoms with Gasteiger partial charge in [-0.2, -0.15) is 0 Å². The highest BCUT2D eigenvalue weighted by atomic mass is 35.5.